The van der Waals surface area contributed by atoms with Crippen LogP contribution < -0.4 is 15.1 Å². The Bertz CT molecular complexity index is 845. The van der Waals surface area contributed by atoms with Crippen LogP contribution in [0.4, 0.5) is 16.0 Å². The zero-order valence-electron chi connectivity index (χ0n) is 16.9. The van der Waals surface area contributed by atoms with Crippen LogP contribution in [0.15, 0.2) is 30.6 Å². The Balaban J connectivity index is 1.56. The lowest BCUT2D eigenvalue weighted by atomic mass is 10.1. The SMILES string of the molecule is Cc1cc(F)ccc1N(Cc1cnc(N2CCCCC2)nc1)C(=O)[C@@H]1CCCN1. The molecule has 2 fully saturated rings. The van der Waals surface area contributed by atoms with Crippen molar-refractivity contribution >= 4 is 17.5 Å². The summed E-state index contributed by atoms with van der Waals surface area (Å²) in [6.45, 7) is 5.03. The molecule has 2 aliphatic heterocycles. The first-order chi connectivity index (χ1) is 14.1. The molecule has 154 valence electrons. The Morgan fingerprint density at radius 1 is 1.21 bits per heavy atom. The van der Waals surface area contributed by atoms with Crippen molar-refractivity contribution in [2.24, 2.45) is 0 Å². The van der Waals surface area contributed by atoms with Crippen molar-refractivity contribution < 1.29 is 9.18 Å². The highest BCUT2D eigenvalue weighted by Crippen LogP contribution is 2.25. The summed E-state index contributed by atoms with van der Waals surface area (Å²) in [5.74, 6) is 0.464. The van der Waals surface area contributed by atoms with E-state index in [0.29, 0.717) is 6.54 Å². The van der Waals surface area contributed by atoms with E-state index in [1.54, 1.807) is 23.4 Å². The minimum atomic E-state index is -0.299. The summed E-state index contributed by atoms with van der Waals surface area (Å²) in [5.41, 5.74) is 2.33. The van der Waals surface area contributed by atoms with Gasteiger partial charge >= 0.3 is 0 Å². The number of hydrogen-bond donors (Lipinski definition) is 1. The number of hydrogen-bond acceptors (Lipinski definition) is 5. The molecular formula is C22H28FN5O. The normalized spacial score (nSPS) is 19.4. The highest BCUT2D eigenvalue weighted by atomic mass is 19.1. The lowest BCUT2D eigenvalue weighted by Gasteiger charge is -2.28. The maximum absolute atomic E-state index is 13.6. The van der Waals surface area contributed by atoms with Crippen molar-refractivity contribution in [1.82, 2.24) is 15.3 Å². The number of aryl methyl sites for hydroxylation is 1. The molecule has 1 atom stereocenters. The van der Waals surface area contributed by atoms with Gasteiger partial charge in [-0.1, -0.05) is 0 Å². The molecule has 0 unspecified atom stereocenters. The molecule has 2 aliphatic rings. The van der Waals surface area contributed by atoms with Gasteiger partial charge in [-0.15, -0.1) is 0 Å². The van der Waals surface area contributed by atoms with Crippen LogP contribution in [0.25, 0.3) is 0 Å². The molecule has 1 aromatic carbocycles. The molecule has 4 rings (SSSR count). The van der Waals surface area contributed by atoms with Crippen LogP contribution in [0.1, 0.15) is 43.2 Å². The van der Waals surface area contributed by atoms with Crippen LogP contribution in [-0.2, 0) is 11.3 Å². The first kappa shape index (κ1) is 19.8. The van der Waals surface area contributed by atoms with Gasteiger partial charge in [-0.2, -0.15) is 0 Å². The summed E-state index contributed by atoms with van der Waals surface area (Å²) in [5, 5.41) is 3.27. The number of aromatic nitrogens is 2. The first-order valence-corrected chi connectivity index (χ1v) is 10.5. The van der Waals surface area contributed by atoms with Crippen LogP contribution in [0.3, 0.4) is 0 Å². The number of carbonyl (C=O) groups excluding carboxylic acids is 1. The minimum absolute atomic E-state index is 0.0114. The summed E-state index contributed by atoms with van der Waals surface area (Å²) in [6.07, 6.45) is 9.02. The largest absolute Gasteiger partial charge is 0.341 e. The van der Waals surface area contributed by atoms with Crippen molar-refractivity contribution in [3.63, 3.8) is 0 Å². The van der Waals surface area contributed by atoms with Gasteiger partial charge in [-0.05, 0) is 69.3 Å². The molecular weight excluding hydrogens is 369 g/mol. The highest BCUT2D eigenvalue weighted by Gasteiger charge is 2.29. The average Bonchev–Trinajstić information content (AvgIpc) is 3.28. The molecule has 6 nitrogen and oxygen atoms in total. The van der Waals surface area contributed by atoms with E-state index in [2.05, 4.69) is 20.2 Å². The van der Waals surface area contributed by atoms with E-state index in [4.69, 9.17) is 0 Å². The molecule has 2 saturated heterocycles. The van der Waals surface area contributed by atoms with Crippen molar-refractivity contribution in [3.8, 4) is 0 Å². The smallest absolute Gasteiger partial charge is 0.244 e. The van der Waals surface area contributed by atoms with E-state index in [9.17, 15) is 9.18 Å². The molecule has 3 heterocycles. The number of halogens is 1. The Morgan fingerprint density at radius 2 is 1.97 bits per heavy atom. The van der Waals surface area contributed by atoms with Gasteiger partial charge in [-0.3, -0.25) is 4.79 Å². The van der Waals surface area contributed by atoms with Crippen molar-refractivity contribution in [1.29, 1.82) is 0 Å². The molecule has 0 radical (unpaired) electrons. The van der Waals surface area contributed by atoms with Crippen molar-refractivity contribution in [2.75, 3.05) is 29.4 Å². The van der Waals surface area contributed by atoms with E-state index in [-0.39, 0.29) is 17.8 Å². The predicted octanol–water partition coefficient (Wildman–Crippen LogP) is 3.20. The van der Waals surface area contributed by atoms with Gasteiger partial charge in [0, 0.05) is 36.7 Å². The quantitative estimate of drug-likeness (QED) is 0.840. The molecule has 1 N–H and O–H groups in total. The minimum Gasteiger partial charge on any atom is -0.341 e. The van der Waals surface area contributed by atoms with Gasteiger partial charge < -0.3 is 15.1 Å². The Morgan fingerprint density at radius 3 is 2.62 bits per heavy atom. The van der Waals surface area contributed by atoms with Gasteiger partial charge in [0.1, 0.15) is 5.82 Å². The summed E-state index contributed by atoms with van der Waals surface area (Å²) in [4.78, 5) is 26.3. The number of carbonyl (C=O) groups is 1. The highest BCUT2D eigenvalue weighted by molar-refractivity contribution is 5.97. The number of benzene rings is 1. The fourth-order valence-electron chi connectivity index (χ4n) is 4.16. The lowest BCUT2D eigenvalue weighted by Crippen LogP contribution is -2.43. The summed E-state index contributed by atoms with van der Waals surface area (Å²) in [6, 6.07) is 4.35. The summed E-state index contributed by atoms with van der Waals surface area (Å²) >= 11 is 0. The van der Waals surface area contributed by atoms with Crippen molar-refractivity contribution in [2.45, 2.75) is 51.6 Å². The molecule has 0 saturated carbocycles. The zero-order valence-corrected chi connectivity index (χ0v) is 16.9. The second-order valence-electron chi connectivity index (χ2n) is 7.94. The van der Waals surface area contributed by atoms with Crippen LogP contribution in [0, 0.1) is 12.7 Å². The third-order valence-corrected chi connectivity index (χ3v) is 5.75. The molecule has 29 heavy (non-hydrogen) atoms. The molecule has 0 spiro atoms. The standard InChI is InChI=1S/C22H28FN5O/c1-16-12-18(23)7-8-20(16)28(21(29)19-6-5-9-24-19)15-17-13-25-22(26-14-17)27-10-3-2-4-11-27/h7-8,12-14,19,24H,2-6,9-11,15H2,1H3/t19-/m0/s1. The number of amides is 1. The number of rotatable bonds is 5. The average molecular weight is 397 g/mol. The third kappa shape index (κ3) is 4.56. The van der Waals surface area contributed by atoms with Gasteiger partial charge in [0.15, 0.2) is 0 Å². The molecule has 1 aromatic heterocycles. The topological polar surface area (TPSA) is 61.4 Å². The van der Waals surface area contributed by atoms with E-state index in [1.807, 2.05) is 6.92 Å². The Hall–Kier alpha value is -2.54. The predicted molar refractivity (Wildman–Crippen MR) is 111 cm³/mol. The maximum Gasteiger partial charge on any atom is 0.244 e. The van der Waals surface area contributed by atoms with E-state index < -0.39 is 0 Å². The third-order valence-electron chi connectivity index (χ3n) is 5.75. The fourth-order valence-corrected chi connectivity index (χ4v) is 4.16. The van der Waals surface area contributed by atoms with Crippen LogP contribution in [-0.4, -0.2) is 41.6 Å². The monoisotopic (exact) mass is 397 g/mol. The van der Waals surface area contributed by atoms with E-state index in [1.165, 1.54) is 31.4 Å². The fraction of sp³-hybridized carbons (Fsp3) is 0.500. The number of nitrogens with one attached hydrogen (secondary N) is 1. The second-order valence-corrected chi connectivity index (χ2v) is 7.94. The molecule has 0 bridgehead atoms. The van der Waals surface area contributed by atoms with E-state index in [0.717, 1.165) is 55.2 Å². The summed E-state index contributed by atoms with van der Waals surface area (Å²) < 4.78 is 13.6. The van der Waals surface area contributed by atoms with Gasteiger partial charge in [0.05, 0.1) is 12.6 Å². The van der Waals surface area contributed by atoms with Crippen LogP contribution >= 0.6 is 0 Å². The molecule has 7 heteroatoms. The number of nitrogens with zero attached hydrogens (tertiary/aromatic N) is 4. The van der Waals surface area contributed by atoms with Gasteiger partial charge in [-0.25, -0.2) is 14.4 Å². The van der Waals surface area contributed by atoms with Crippen LogP contribution in [0.5, 0.6) is 0 Å². The zero-order chi connectivity index (χ0) is 20.2. The van der Waals surface area contributed by atoms with Gasteiger partial charge in [0.2, 0.25) is 11.9 Å². The van der Waals surface area contributed by atoms with E-state index >= 15 is 0 Å². The second kappa shape index (κ2) is 8.86. The lowest BCUT2D eigenvalue weighted by molar-refractivity contribution is -0.120. The molecule has 1 amide bonds. The van der Waals surface area contributed by atoms with Gasteiger partial charge in [0.25, 0.3) is 0 Å². The molecule has 2 aromatic rings. The van der Waals surface area contributed by atoms with Crippen LogP contribution in [0.2, 0.25) is 0 Å². The first-order valence-electron chi connectivity index (χ1n) is 10.5. The Kier molecular flexibility index (Phi) is 6.04. The number of anilines is 2. The molecule has 0 aliphatic carbocycles. The van der Waals surface area contributed by atoms with Crippen molar-refractivity contribution in [3.05, 3.63) is 47.5 Å². The summed E-state index contributed by atoms with van der Waals surface area (Å²) in [7, 11) is 0. The Labute approximate surface area is 171 Å². The number of piperidine rings is 1. The maximum atomic E-state index is 13.6.